The van der Waals surface area contributed by atoms with Gasteiger partial charge in [0.1, 0.15) is 6.33 Å². The number of ketones is 1. The third kappa shape index (κ3) is 4.50. The monoisotopic (exact) mass is 420 g/mol. The van der Waals surface area contributed by atoms with E-state index in [2.05, 4.69) is 25.5 Å². The summed E-state index contributed by atoms with van der Waals surface area (Å²) < 4.78 is 21.5. The summed E-state index contributed by atoms with van der Waals surface area (Å²) in [5.74, 6) is 0.0200. The summed E-state index contributed by atoms with van der Waals surface area (Å²) in [6, 6.07) is 6.76. The molecule has 1 N–H and O–H groups in total. The Morgan fingerprint density at radius 3 is 2.74 bits per heavy atom. The van der Waals surface area contributed by atoms with E-state index < -0.39 is 5.82 Å². The van der Waals surface area contributed by atoms with Crippen LogP contribution < -0.4 is 10.1 Å². The molecule has 0 radical (unpaired) electrons. The van der Waals surface area contributed by atoms with Crippen molar-refractivity contribution in [2.75, 3.05) is 12.4 Å². The van der Waals surface area contributed by atoms with Crippen LogP contribution in [0.1, 0.15) is 34.8 Å². The summed E-state index contributed by atoms with van der Waals surface area (Å²) in [4.78, 5) is 20.7. The van der Waals surface area contributed by atoms with Gasteiger partial charge in [-0.2, -0.15) is 0 Å². The first kappa shape index (κ1) is 20.4. The molecule has 0 bridgehead atoms. The molecule has 0 aliphatic rings. The number of hydrogen-bond acceptors (Lipinski definition) is 7. The zero-order valence-electron chi connectivity index (χ0n) is 17.2. The molecule has 158 valence electrons. The Bertz CT molecular complexity index is 1220. The Morgan fingerprint density at radius 2 is 2.00 bits per heavy atom. The first-order chi connectivity index (χ1) is 15.1. The van der Waals surface area contributed by atoms with Crippen LogP contribution >= 0.6 is 0 Å². The number of fused-ring (bicyclic) bond motifs is 1. The summed E-state index contributed by atoms with van der Waals surface area (Å²) in [7, 11) is 1.39. The molecule has 0 saturated heterocycles. The van der Waals surface area contributed by atoms with Crippen LogP contribution in [-0.2, 0) is 12.8 Å². The third-order valence-electron chi connectivity index (χ3n) is 4.92. The van der Waals surface area contributed by atoms with Crippen LogP contribution in [0.25, 0.3) is 5.65 Å². The predicted octanol–water partition coefficient (Wildman–Crippen LogP) is 3.79. The minimum atomic E-state index is -0.446. The minimum absolute atomic E-state index is 0.0531. The number of Topliss-reactive ketones (excluding diaryl/α,β-unsaturated/α-hetero) is 1. The SMILES string of the molecule is CCC(=O)c1cc(CCc2cnc(Nc3ccn4cnnc4c3)nc2)c(F)c(OC)c1. The van der Waals surface area contributed by atoms with Crippen LogP contribution in [-0.4, -0.2) is 37.5 Å². The van der Waals surface area contributed by atoms with Crippen LogP contribution in [0.5, 0.6) is 5.75 Å². The average molecular weight is 420 g/mol. The molecule has 0 unspecified atom stereocenters. The van der Waals surface area contributed by atoms with E-state index in [0.29, 0.717) is 42.0 Å². The van der Waals surface area contributed by atoms with Gasteiger partial charge in [0.15, 0.2) is 23.0 Å². The smallest absolute Gasteiger partial charge is 0.227 e. The fraction of sp³-hybridized carbons (Fsp3) is 0.227. The van der Waals surface area contributed by atoms with E-state index in [9.17, 15) is 9.18 Å². The molecular formula is C22H21FN6O2. The van der Waals surface area contributed by atoms with Gasteiger partial charge in [0.25, 0.3) is 0 Å². The number of nitrogens with zero attached hydrogens (tertiary/aromatic N) is 5. The lowest BCUT2D eigenvalue weighted by atomic mass is 10.00. The highest BCUT2D eigenvalue weighted by atomic mass is 19.1. The summed E-state index contributed by atoms with van der Waals surface area (Å²) in [5, 5.41) is 11.0. The van der Waals surface area contributed by atoms with Crippen molar-refractivity contribution >= 4 is 23.1 Å². The largest absolute Gasteiger partial charge is 0.494 e. The van der Waals surface area contributed by atoms with Gasteiger partial charge in [0.2, 0.25) is 5.95 Å². The van der Waals surface area contributed by atoms with E-state index in [4.69, 9.17) is 4.74 Å². The molecule has 9 heteroatoms. The first-order valence-corrected chi connectivity index (χ1v) is 9.84. The summed E-state index contributed by atoms with van der Waals surface area (Å²) >= 11 is 0. The molecule has 31 heavy (non-hydrogen) atoms. The Morgan fingerprint density at radius 1 is 1.19 bits per heavy atom. The van der Waals surface area contributed by atoms with Gasteiger partial charge in [0.05, 0.1) is 7.11 Å². The molecule has 3 aromatic heterocycles. The third-order valence-corrected chi connectivity index (χ3v) is 4.92. The molecule has 8 nitrogen and oxygen atoms in total. The Hall–Kier alpha value is -3.88. The van der Waals surface area contributed by atoms with Crippen molar-refractivity contribution in [1.29, 1.82) is 0 Å². The predicted molar refractivity (Wildman–Crippen MR) is 113 cm³/mol. The van der Waals surface area contributed by atoms with Crippen LogP contribution in [0.15, 0.2) is 49.2 Å². The first-order valence-electron chi connectivity index (χ1n) is 9.84. The van der Waals surface area contributed by atoms with Crippen LogP contribution in [0.3, 0.4) is 0 Å². The maximum Gasteiger partial charge on any atom is 0.227 e. The van der Waals surface area contributed by atoms with Crippen molar-refractivity contribution in [1.82, 2.24) is 24.6 Å². The van der Waals surface area contributed by atoms with Crippen molar-refractivity contribution < 1.29 is 13.9 Å². The van der Waals surface area contributed by atoms with Crippen molar-refractivity contribution in [3.63, 3.8) is 0 Å². The Kier molecular flexibility index (Phi) is 5.83. The molecule has 0 saturated carbocycles. The van der Waals surface area contributed by atoms with Gasteiger partial charge in [-0.05, 0) is 42.2 Å². The van der Waals surface area contributed by atoms with Gasteiger partial charge in [-0.15, -0.1) is 10.2 Å². The number of aromatic nitrogens is 5. The second kappa shape index (κ2) is 8.86. The van der Waals surface area contributed by atoms with Gasteiger partial charge >= 0.3 is 0 Å². The number of pyridine rings is 1. The maximum atomic E-state index is 14.6. The Balaban J connectivity index is 1.45. The number of carbonyl (C=O) groups excluding carboxylic acids is 1. The number of halogens is 1. The molecule has 0 spiro atoms. The molecule has 0 atom stereocenters. The fourth-order valence-electron chi connectivity index (χ4n) is 3.20. The van der Waals surface area contributed by atoms with E-state index >= 15 is 0 Å². The molecule has 0 fully saturated rings. The van der Waals surface area contributed by atoms with Gasteiger partial charge in [-0.3, -0.25) is 9.20 Å². The van der Waals surface area contributed by atoms with Crippen LogP contribution in [0.2, 0.25) is 0 Å². The van der Waals surface area contributed by atoms with Crippen molar-refractivity contribution in [3.05, 3.63) is 71.7 Å². The standard InChI is InChI=1S/C22H21FN6O2/c1-3-18(30)16-8-15(21(23)19(9-16)31-2)5-4-14-11-24-22(25-12-14)27-17-6-7-29-13-26-28-20(29)10-17/h6-13H,3-5H2,1-2H3,(H,24,25,27). The quantitative estimate of drug-likeness (QED) is 0.433. The molecule has 4 aromatic rings. The topological polar surface area (TPSA) is 94.3 Å². The summed E-state index contributed by atoms with van der Waals surface area (Å²) in [5.41, 5.74) is 3.24. The van der Waals surface area contributed by atoms with Crippen molar-refractivity contribution in [2.24, 2.45) is 0 Å². The number of ether oxygens (including phenoxy) is 1. The second-order valence-corrected chi connectivity index (χ2v) is 6.98. The zero-order chi connectivity index (χ0) is 21.8. The number of nitrogens with one attached hydrogen (secondary N) is 1. The molecule has 0 aliphatic heterocycles. The van der Waals surface area contributed by atoms with Gasteiger partial charge < -0.3 is 10.1 Å². The molecule has 4 rings (SSSR count). The second-order valence-electron chi connectivity index (χ2n) is 6.98. The Labute approximate surface area is 178 Å². The van der Waals surface area contributed by atoms with E-state index in [1.54, 1.807) is 36.1 Å². The normalized spacial score (nSPS) is 10.9. The lowest BCUT2D eigenvalue weighted by Gasteiger charge is -2.11. The highest BCUT2D eigenvalue weighted by Crippen LogP contribution is 2.25. The zero-order valence-corrected chi connectivity index (χ0v) is 17.2. The molecule has 1 aromatic carbocycles. The van der Waals surface area contributed by atoms with Crippen molar-refractivity contribution in [2.45, 2.75) is 26.2 Å². The molecular weight excluding hydrogens is 399 g/mol. The lowest BCUT2D eigenvalue weighted by Crippen LogP contribution is -2.04. The number of rotatable bonds is 8. The van der Waals surface area contributed by atoms with Gasteiger partial charge in [-0.1, -0.05) is 6.92 Å². The van der Waals surface area contributed by atoms with E-state index in [1.165, 1.54) is 13.2 Å². The summed E-state index contributed by atoms with van der Waals surface area (Å²) in [6.07, 6.45) is 8.12. The number of hydrogen-bond donors (Lipinski definition) is 1. The number of aryl methyl sites for hydroxylation is 2. The number of carbonyl (C=O) groups is 1. The number of benzene rings is 1. The highest BCUT2D eigenvalue weighted by molar-refractivity contribution is 5.96. The number of methoxy groups -OCH3 is 1. The van der Waals surface area contributed by atoms with Gasteiger partial charge in [0, 0.05) is 42.3 Å². The maximum absolute atomic E-state index is 14.6. The fourth-order valence-corrected chi connectivity index (χ4v) is 3.20. The highest BCUT2D eigenvalue weighted by Gasteiger charge is 2.15. The average Bonchev–Trinajstić information content (AvgIpc) is 3.26. The minimum Gasteiger partial charge on any atom is -0.494 e. The molecule has 0 aliphatic carbocycles. The molecule has 3 heterocycles. The molecule has 0 amide bonds. The van der Waals surface area contributed by atoms with E-state index in [1.807, 2.05) is 18.3 Å². The van der Waals surface area contributed by atoms with Crippen LogP contribution in [0, 0.1) is 5.82 Å². The van der Waals surface area contributed by atoms with E-state index in [-0.39, 0.29) is 11.5 Å². The lowest BCUT2D eigenvalue weighted by molar-refractivity contribution is 0.0987. The van der Waals surface area contributed by atoms with E-state index in [0.717, 1.165) is 11.3 Å². The van der Waals surface area contributed by atoms with Crippen LogP contribution in [0.4, 0.5) is 16.0 Å². The van der Waals surface area contributed by atoms with Crippen molar-refractivity contribution in [3.8, 4) is 5.75 Å². The summed E-state index contributed by atoms with van der Waals surface area (Å²) in [6.45, 7) is 1.77. The number of anilines is 2. The van der Waals surface area contributed by atoms with Gasteiger partial charge in [-0.25, -0.2) is 14.4 Å².